The molecule has 42 heavy (non-hydrogen) atoms. The van der Waals surface area contributed by atoms with Gasteiger partial charge in [-0.15, -0.1) is 0 Å². The lowest BCUT2D eigenvalue weighted by molar-refractivity contribution is -0.142. The van der Waals surface area contributed by atoms with Gasteiger partial charge in [-0.3, -0.25) is 14.4 Å². The van der Waals surface area contributed by atoms with E-state index in [9.17, 15) is 29.4 Å². The number of unbranched alkanes of at least 4 members (excludes halogenated alkanes) is 1. The summed E-state index contributed by atoms with van der Waals surface area (Å²) >= 11 is 0. The largest absolute Gasteiger partial charge is 0.508 e. The van der Waals surface area contributed by atoms with Crippen LogP contribution in [0.5, 0.6) is 5.75 Å². The Morgan fingerprint density at radius 2 is 1.36 bits per heavy atom. The van der Waals surface area contributed by atoms with Crippen LogP contribution in [0.4, 0.5) is 0 Å². The van der Waals surface area contributed by atoms with Gasteiger partial charge < -0.3 is 47.6 Å². The number of nitrogens with two attached hydrogens (primary N) is 2. The topological polar surface area (TPSA) is 254 Å². The number of H-pyrrole nitrogens is 2. The Balaban J connectivity index is 1.73. The number of rotatable bonds is 17. The summed E-state index contributed by atoms with van der Waals surface area (Å²) in [6.45, 7) is 0.393. The number of aromatic amines is 2. The zero-order valence-electron chi connectivity index (χ0n) is 23.0. The van der Waals surface area contributed by atoms with Crippen molar-refractivity contribution in [2.45, 2.75) is 62.7 Å². The molecule has 0 bridgehead atoms. The molecule has 2 heterocycles. The Hall–Kier alpha value is -4.76. The zero-order valence-corrected chi connectivity index (χ0v) is 23.0. The smallest absolute Gasteiger partial charge is 0.326 e. The lowest BCUT2D eigenvalue weighted by Crippen LogP contribution is -2.58. The zero-order chi connectivity index (χ0) is 30.5. The van der Waals surface area contributed by atoms with E-state index in [2.05, 4.69) is 35.9 Å². The van der Waals surface area contributed by atoms with Crippen LogP contribution < -0.4 is 27.4 Å². The number of carbonyl (C=O) groups excluding carboxylic acids is 3. The number of hydrogen-bond acceptors (Lipinski definition) is 9. The number of carboxylic acid groups (broad SMARTS) is 1. The van der Waals surface area contributed by atoms with Gasteiger partial charge in [0.15, 0.2) is 0 Å². The Labute approximate surface area is 241 Å². The van der Waals surface area contributed by atoms with Gasteiger partial charge in [-0.1, -0.05) is 12.1 Å². The van der Waals surface area contributed by atoms with Crippen LogP contribution in [0.2, 0.25) is 0 Å². The maximum Gasteiger partial charge on any atom is 0.326 e. The molecule has 1 aromatic carbocycles. The minimum Gasteiger partial charge on any atom is -0.508 e. The molecule has 0 fully saturated rings. The molecular formula is C27H37N9O6. The molecule has 0 spiro atoms. The van der Waals surface area contributed by atoms with Crippen molar-refractivity contribution >= 4 is 23.7 Å². The van der Waals surface area contributed by atoms with Crippen molar-refractivity contribution in [3.05, 3.63) is 66.3 Å². The molecule has 4 unspecified atom stereocenters. The highest BCUT2D eigenvalue weighted by molar-refractivity contribution is 5.94. The number of amides is 3. The summed E-state index contributed by atoms with van der Waals surface area (Å²) in [5, 5.41) is 27.1. The minimum absolute atomic E-state index is 0.0207. The molecule has 0 aliphatic rings. The lowest BCUT2D eigenvalue weighted by atomic mass is 10.0. The van der Waals surface area contributed by atoms with E-state index in [0.717, 1.165) is 0 Å². The van der Waals surface area contributed by atoms with Crippen LogP contribution in [-0.4, -0.2) is 84.6 Å². The lowest BCUT2D eigenvalue weighted by Gasteiger charge is -2.25. The third-order valence-electron chi connectivity index (χ3n) is 6.51. The van der Waals surface area contributed by atoms with Gasteiger partial charge >= 0.3 is 5.97 Å². The van der Waals surface area contributed by atoms with Crippen molar-refractivity contribution in [1.29, 1.82) is 0 Å². The van der Waals surface area contributed by atoms with Crippen LogP contribution in [0.3, 0.4) is 0 Å². The number of nitrogens with one attached hydrogen (secondary N) is 5. The number of phenols is 1. The van der Waals surface area contributed by atoms with Gasteiger partial charge in [0, 0.05) is 43.0 Å². The predicted molar refractivity (Wildman–Crippen MR) is 151 cm³/mol. The summed E-state index contributed by atoms with van der Waals surface area (Å²) < 4.78 is 0. The van der Waals surface area contributed by atoms with E-state index in [1.165, 1.54) is 31.0 Å². The first-order valence-electron chi connectivity index (χ1n) is 13.5. The van der Waals surface area contributed by atoms with Crippen molar-refractivity contribution in [3.63, 3.8) is 0 Å². The second kappa shape index (κ2) is 15.9. The molecule has 4 atom stereocenters. The summed E-state index contributed by atoms with van der Waals surface area (Å²) in [6, 6.07) is 1.42. The van der Waals surface area contributed by atoms with Crippen molar-refractivity contribution in [2.75, 3.05) is 6.54 Å². The summed E-state index contributed by atoms with van der Waals surface area (Å²) in [4.78, 5) is 65.2. The first kappa shape index (κ1) is 31.8. The van der Waals surface area contributed by atoms with Crippen LogP contribution in [0.25, 0.3) is 0 Å². The van der Waals surface area contributed by atoms with E-state index in [0.29, 0.717) is 36.3 Å². The fourth-order valence-electron chi connectivity index (χ4n) is 4.20. The third kappa shape index (κ3) is 10.0. The highest BCUT2D eigenvalue weighted by Crippen LogP contribution is 2.12. The molecule has 3 amide bonds. The van der Waals surface area contributed by atoms with Gasteiger partial charge in [0.05, 0.1) is 18.7 Å². The maximum absolute atomic E-state index is 13.4. The van der Waals surface area contributed by atoms with E-state index < -0.39 is 47.9 Å². The van der Waals surface area contributed by atoms with Crippen LogP contribution in [0, 0.1) is 0 Å². The van der Waals surface area contributed by atoms with Gasteiger partial charge in [0.25, 0.3) is 0 Å². The highest BCUT2D eigenvalue weighted by atomic mass is 16.4. The van der Waals surface area contributed by atoms with Crippen LogP contribution in [-0.2, 0) is 38.4 Å². The number of aromatic hydroxyl groups is 1. The average molecular weight is 584 g/mol. The Morgan fingerprint density at radius 1 is 0.786 bits per heavy atom. The second-order valence-corrected chi connectivity index (χ2v) is 9.85. The highest BCUT2D eigenvalue weighted by Gasteiger charge is 2.31. The molecule has 0 saturated heterocycles. The molecule has 3 aromatic rings. The fraction of sp³-hybridized carbons (Fsp3) is 0.407. The van der Waals surface area contributed by atoms with E-state index in [1.54, 1.807) is 18.3 Å². The number of aliphatic carboxylic acids is 1. The Kier molecular flexibility index (Phi) is 12.0. The Bertz CT molecular complexity index is 1280. The molecule has 226 valence electrons. The number of benzene rings is 1. The van der Waals surface area contributed by atoms with Crippen LogP contribution in [0.15, 0.2) is 49.3 Å². The van der Waals surface area contributed by atoms with Crippen molar-refractivity contribution < 1.29 is 29.4 Å². The third-order valence-corrected chi connectivity index (χ3v) is 6.51. The van der Waals surface area contributed by atoms with E-state index >= 15 is 0 Å². The van der Waals surface area contributed by atoms with Gasteiger partial charge in [0.2, 0.25) is 17.7 Å². The first-order chi connectivity index (χ1) is 20.2. The molecule has 0 aliphatic heterocycles. The number of carboxylic acids is 1. The van der Waals surface area contributed by atoms with Gasteiger partial charge in [-0.05, 0) is 43.5 Å². The monoisotopic (exact) mass is 583 g/mol. The first-order valence-corrected chi connectivity index (χ1v) is 13.5. The van der Waals surface area contributed by atoms with Gasteiger partial charge in [-0.2, -0.15) is 0 Å². The summed E-state index contributed by atoms with van der Waals surface area (Å²) in [7, 11) is 0. The van der Waals surface area contributed by atoms with E-state index in [4.69, 9.17) is 11.5 Å². The van der Waals surface area contributed by atoms with E-state index in [1.807, 2.05) is 0 Å². The van der Waals surface area contributed by atoms with Crippen molar-refractivity contribution in [2.24, 2.45) is 11.5 Å². The number of phenolic OH excluding ortho intramolecular Hbond substituents is 1. The average Bonchev–Trinajstić information content (AvgIpc) is 3.67. The Morgan fingerprint density at radius 3 is 1.93 bits per heavy atom. The van der Waals surface area contributed by atoms with Crippen molar-refractivity contribution in [1.82, 2.24) is 35.9 Å². The molecule has 3 rings (SSSR count). The SMILES string of the molecule is NCCCCC(NC(=O)C(N)Cc1cnc[nH]1)C(=O)NC(Cc1cnc[nH]1)C(=O)NC(Cc1ccc(O)cc1)C(=O)O. The molecular weight excluding hydrogens is 546 g/mol. The molecule has 15 heteroatoms. The normalized spacial score (nSPS) is 13.9. The van der Waals surface area contributed by atoms with Crippen LogP contribution >= 0.6 is 0 Å². The number of nitrogens with zero attached hydrogens (tertiary/aromatic N) is 2. The fourth-order valence-corrected chi connectivity index (χ4v) is 4.20. The quantitative estimate of drug-likeness (QED) is 0.0863. The molecule has 2 aromatic heterocycles. The number of carbonyl (C=O) groups is 4. The standard InChI is InChI=1S/C27H37N9O6/c28-8-2-1-3-21(34-24(38)20(29)10-17-12-30-14-32-17)25(39)35-22(11-18-13-31-15-33-18)26(40)36-23(27(41)42)9-16-4-6-19(37)7-5-16/h4-7,12-15,20-23,37H,1-3,8-11,28-29H2,(H,30,32)(H,31,33)(H,34,38)(H,35,39)(H,36,40)(H,41,42). The second-order valence-electron chi connectivity index (χ2n) is 9.85. The minimum atomic E-state index is -1.32. The summed E-state index contributed by atoms with van der Waals surface area (Å²) in [5.74, 6) is -3.20. The van der Waals surface area contributed by atoms with Crippen molar-refractivity contribution in [3.8, 4) is 5.75 Å². The summed E-state index contributed by atoms with van der Waals surface area (Å²) in [6.07, 6.45) is 7.36. The van der Waals surface area contributed by atoms with Gasteiger partial charge in [0.1, 0.15) is 23.9 Å². The number of imidazole rings is 2. The molecule has 15 nitrogen and oxygen atoms in total. The molecule has 0 radical (unpaired) electrons. The predicted octanol–water partition coefficient (Wildman–Crippen LogP) is -1.14. The molecule has 11 N–H and O–H groups in total. The molecule has 0 saturated carbocycles. The van der Waals surface area contributed by atoms with E-state index in [-0.39, 0.29) is 31.4 Å². The van der Waals surface area contributed by atoms with Gasteiger partial charge in [-0.25, -0.2) is 14.8 Å². The van der Waals surface area contributed by atoms with Crippen LogP contribution in [0.1, 0.15) is 36.2 Å². The summed E-state index contributed by atoms with van der Waals surface area (Å²) in [5.41, 5.74) is 13.4. The molecule has 0 aliphatic carbocycles. The number of aromatic nitrogens is 4. The maximum atomic E-state index is 13.4. The number of hydrogen-bond donors (Lipinski definition) is 9.